The van der Waals surface area contributed by atoms with Crippen LogP contribution in [0.1, 0.15) is 19.4 Å². The van der Waals surface area contributed by atoms with Gasteiger partial charge in [-0.2, -0.15) is 0 Å². The Morgan fingerprint density at radius 2 is 1.71 bits per heavy atom. The fraction of sp³-hybridized carbons (Fsp3) is 0.571. The van der Waals surface area contributed by atoms with Crippen LogP contribution >= 0.6 is 0 Å². The first-order valence-electron chi connectivity index (χ1n) is 6.09. The highest BCUT2D eigenvalue weighted by Crippen LogP contribution is 2.28. The van der Waals surface area contributed by atoms with Crippen molar-refractivity contribution < 1.29 is 9.47 Å². The van der Waals surface area contributed by atoms with Crippen LogP contribution in [-0.4, -0.2) is 27.3 Å². The highest BCUT2D eigenvalue weighted by Gasteiger charge is 2.08. The SMILES string of the molecule is COc1cccc(OC)c1CCNCC(C)C. The Balaban J connectivity index is 2.61. The summed E-state index contributed by atoms with van der Waals surface area (Å²) in [5.74, 6) is 2.47. The van der Waals surface area contributed by atoms with Crippen molar-refractivity contribution in [3.8, 4) is 11.5 Å². The fourth-order valence-electron chi connectivity index (χ4n) is 1.78. The minimum Gasteiger partial charge on any atom is -0.496 e. The molecule has 0 fully saturated rings. The van der Waals surface area contributed by atoms with Crippen LogP contribution in [0.15, 0.2) is 18.2 Å². The van der Waals surface area contributed by atoms with Crippen LogP contribution in [0.4, 0.5) is 0 Å². The molecule has 0 saturated carbocycles. The molecule has 0 aromatic heterocycles. The van der Waals surface area contributed by atoms with E-state index < -0.39 is 0 Å². The van der Waals surface area contributed by atoms with E-state index in [9.17, 15) is 0 Å². The van der Waals surface area contributed by atoms with Gasteiger partial charge in [0.15, 0.2) is 0 Å². The summed E-state index contributed by atoms with van der Waals surface area (Å²) < 4.78 is 10.7. The molecule has 1 N–H and O–H groups in total. The number of hydrogen-bond acceptors (Lipinski definition) is 3. The Bertz CT molecular complexity index is 315. The highest BCUT2D eigenvalue weighted by atomic mass is 16.5. The van der Waals surface area contributed by atoms with Crippen LogP contribution < -0.4 is 14.8 Å². The van der Waals surface area contributed by atoms with E-state index in [1.165, 1.54) is 0 Å². The minimum absolute atomic E-state index is 0.676. The van der Waals surface area contributed by atoms with E-state index in [1.54, 1.807) is 14.2 Å². The molecule has 0 unspecified atom stereocenters. The van der Waals surface area contributed by atoms with Gasteiger partial charge in [-0.1, -0.05) is 19.9 Å². The van der Waals surface area contributed by atoms with Crippen molar-refractivity contribution in [1.29, 1.82) is 0 Å². The first-order valence-corrected chi connectivity index (χ1v) is 6.09. The number of rotatable bonds is 7. The molecule has 0 aliphatic heterocycles. The van der Waals surface area contributed by atoms with Crippen molar-refractivity contribution in [1.82, 2.24) is 5.32 Å². The van der Waals surface area contributed by atoms with Crippen molar-refractivity contribution in [2.24, 2.45) is 5.92 Å². The molecule has 96 valence electrons. The summed E-state index contributed by atoms with van der Waals surface area (Å²) >= 11 is 0. The molecule has 0 radical (unpaired) electrons. The minimum atomic E-state index is 0.676. The zero-order valence-corrected chi connectivity index (χ0v) is 11.2. The van der Waals surface area contributed by atoms with Crippen LogP contribution in [0, 0.1) is 5.92 Å². The molecule has 1 aromatic rings. The number of nitrogens with one attached hydrogen (secondary N) is 1. The zero-order valence-electron chi connectivity index (χ0n) is 11.2. The average Bonchev–Trinajstić information content (AvgIpc) is 2.34. The van der Waals surface area contributed by atoms with E-state index in [0.29, 0.717) is 5.92 Å². The molecule has 0 spiro atoms. The van der Waals surface area contributed by atoms with Crippen molar-refractivity contribution >= 4 is 0 Å². The van der Waals surface area contributed by atoms with Gasteiger partial charge in [0, 0.05) is 5.56 Å². The summed E-state index contributed by atoms with van der Waals surface area (Å²) in [6.07, 6.45) is 0.917. The third-order valence-corrected chi connectivity index (χ3v) is 2.63. The molecule has 3 heteroatoms. The molecular formula is C14H23NO2. The molecular weight excluding hydrogens is 214 g/mol. The lowest BCUT2D eigenvalue weighted by Gasteiger charge is -2.13. The monoisotopic (exact) mass is 237 g/mol. The van der Waals surface area contributed by atoms with Gasteiger partial charge in [0.1, 0.15) is 11.5 Å². The number of ether oxygens (including phenoxy) is 2. The molecule has 0 amide bonds. The van der Waals surface area contributed by atoms with E-state index >= 15 is 0 Å². The Morgan fingerprint density at radius 1 is 1.12 bits per heavy atom. The molecule has 1 aromatic carbocycles. The number of hydrogen-bond donors (Lipinski definition) is 1. The normalized spacial score (nSPS) is 10.6. The maximum atomic E-state index is 5.36. The summed E-state index contributed by atoms with van der Waals surface area (Å²) in [6.45, 7) is 6.39. The van der Waals surface area contributed by atoms with E-state index in [0.717, 1.165) is 36.6 Å². The van der Waals surface area contributed by atoms with Crippen molar-refractivity contribution in [2.75, 3.05) is 27.3 Å². The molecule has 1 rings (SSSR count). The quantitative estimate of drug-likeness (QED) is 0.739. The second-order valence-corrected chi connectivity index (χ2v) is 4.49. The molecule has 0 aliphatic carbocycles. The lowest BCUT2D eigenvalue weighted by atomic mass is 10.1. The number of benzene rings is 1. The molecule has 0 heterocycles. The van der Waals surface area contributed by atoms with Crippen LogP contribution in [-0.2, 0) is 6.42 Å². The average molecular weight is 237 g/mol. The lowest BCUT2D eigenvalue weighted by Crippen LogP contribution is -2.22. The van der Waals surface area contributed by atoms with Gasteiger partial charge in [-0.3, -0.25) is 0 Å². The Morgan fingerprint density at radius 3 is 2.18 bits per heavy atom. The molecule has 17 heavy (non-hydrogen) atoms. The van der Waals surface area contributed by atoms with Gasteiger partial charge in [0.2, 0.25) is 0 Å². The highest BCUT2D eigenvalue weighted by molar-refractivity contribution is 5.44. The second kappa shape index (κ2) is 7.17. The smallest absolute Gasteiger partial charge is 0.125 e. The maximum Gasteiger partial charge on any atom is 0.125 e. The Hall–Kier alpha value is -1.22. The summed E-state index contributed by atoms with van der Waals surface area (Å²) in [5.41, 5.74) is 1.13. The third kappa shape index (κ3) is 4.27. The van der Waals surface area contributed by atoms with E-state index in [1.807, 2.05) is 18.2 Å². The number of methoxy groups -OCH3 is 2. The van der Waals surface area contributed by atoms with Crippen molar-refractivity contribution in [2.45, 2.75) is 20.3 Å². The lowest BCUT2D eigenvalue weighted by molar-refractivity contribution is 0.384. The van der Waals surface area contributed by atoms with Gasteiger partial charge < -0.3 is 14.8 Å². The predicted octanol–water partition coefficient (Wildman–Crippen LogP) is 2.49. The van der Waals surface area contributed by atoms with Gasteiger partial charge in [-0.15, -0.1) is 0 Å². The molecule has 0 bridgehead atoms. The maximum absolute atomic E-state index is 5.36. The summed E-state index contributed by atoms with van der Waals surface area (Å²) in [4.78, 5) is 0. The first-order chi connectivity index (χ1) is 8.19. The fourth-order valence-corrected chi connectivity index (χ4v) is 1.78. The molecule has 0 saturated heterocycles. The van der Waals surface area contributed by atoms with Gasteiger partial charge in [0.05, 0.1) is 14.2 Å². The van der Waals surface area contributed by atoms with Crippen LogP contribution in [0.5, 0.6) is 11.5 Å². The van der Waals surface area contributed by atoms with Crippen molar-refractivity contribution in [3.63, 3.8) is 0 Å². The molecule has 0 atom stereocenters. The Labute approximate surface area is 104 Å². The predicted molar refractivity (Wildman–Crippen MR) is 71.0 cm³/mol. The van der Waals surface area contributed by atoms with Gasteiger partial charge in [-0.25, -0.2) is 0 Å². The standard InChI is InChI=1S/C14H23NO2/c1-11(2)10-15-9-8-12-13(16-3)6-5-7-14(12)17-4/h5-7,11,15H,8-10H2,1-4H3. The first kappa shape index (κ1) is 13.8. The topological polar surface area (TPSA) is 30.5 Å². The van der Waals surface area contributed by atoms with Crippen LogP contribution in [0.25, 0.3) is 0 Å². The summed E-state index contributed by atoms with van der Waals surface area (Å²) in [5, 5.41) is 3.42. The molecule has 0 aliphatic rings. The largest absolute Gasteiger partial charge is 0.496 e. The zero-order chi connectivity index (χ0) is 12.7. The summed E-state index contributed by atoms with van der Waals surface area (Å²) in [6, 6.07) is 5.89. The Kier molecular flexibility index (Phi) is 5.84. The van der Waals surface area contributed by atoms with Gasteiger partial charge >= 0.3 is 0 Å². The van der Waals surface area contributed by atoms with Crippen molar-refractivity contribution in [3.05, 3.63) is 23.8 Å². The van der Waals surface area contributed by atoms with E-state index in [-0.39, 0.29) is 0 Å². The van der Waals surface area contributed by atoms with E-state index in [4.69, 9.17) is 9.47 Å². The van der Waals surface area contributed by atoms with Gasteiger partial charge in [-0.05, 0) is 37.6 Å². The third-order valence-electron chi connectivity index (χ3n) is 2.63. The van der Waals surface area contributed by atoms with Crippen LogP contribution in [0.3, 0.4) is 0 Å². The second-order valence-electron chi connectivity index (χ2n) is 4.49. The van der Waals surface area contributed by atoms with Crippen LogP contribution in [0.2, 0.25) is 0 Å². The van der Waals surface area contributed by atoms with E-state index in [2.05, 4.69) is 19.2 Å². The van der Waals surface area contributed by atoms with Gasteiger partial charge in [0.25, 0.3) is 0 Å². The summed E-state index contributed by atoms with van der Waals surface area (Å²) in [7, 11) is 3.39. The molecule has 3 nitrogen and oxygen atoms in total.